The summed E-state index contributed by atoms with van der Waals surface area (Å²) in [4.78, 5) is 14.0. The van der Waals surface area contributed by atoms with Crippen LogP contribution in [0, 0.1) is 10.1 Å². The van der Waals surface area contributed by atoms with Crippen LogP contribution in [0.2, 0.25) is 5.15 Å². The lowest BCUT2D eigenvalue weighted by Crippen LogP contribution is -2.17. The lowest BCUT2D eigenvalue weighted by molar-refractivity contribution is -0.386. The van der Waals surface area contributed by atoms with Gasteiger partial charge in [-0.1, -0.05) is 11.6 Å². The number of rotatable bonds is 3. The molecule has 1 saturated heterocycles. The Hall–Kier alpha value is -1.40. The van der Waals surface area contributed by atoms with Gasteiger partial charge in [-0.3, -0.25) is 10.1 Å². The summed E-state index contributed by atoms with van der Waals surface area (Å²) >= 11 is 5.66. The summed E-state index contributed by atoms with van der Waals surface area (Å²) in [5.41, 5.74) is -0.184. The highest BCUT2D eigenvalue weighted by Gasteiger charge is 2.24. The van der Waals surface area contributed by atoms with E-state index >= 15 is 0 Å². The van der Waals surface area contributed by atoms with Gasteiger partial charge in [0.15, 0.2) is 0 Å². The molecule has 1 atom stereocenters. The average molecular weight is 245 g/mol. The third-order valence-electron chi connectivity index (χ3n) is 2.17. The molecule has 0 amide bonds. The van der Waals surface area contributed by atoms with Gasteiger partial charge in [0.05, 0.1) is 18.1 Å². The van der Waals surface area contributed by atoms with Crippen molar-refractivity contribution in [1.82, 2.24) is 4.98 Å². The fourth-order valence-corrected chi connectivity index (χ4v) is 1.54. The fourth-order valence-electron chi connectivity index (χ4n) is 1.40. The number of halogens is 1. The number of pyridine rings is 1. The predicted molar refractivity (Wildman–Crippen MR) is 55.8 cm³/mol. The van der Waals surface area contributed by atoms with Crippen LogP contribution in [-0.2, 0) is 4.74 Å². The fraction of sp³-hybridized carbons (Fsp3) is 0.444. The Balaban J connectivity index is 2.22. The van der Waals surface area contributed by atoms with E-state index in [1.165, 1.54) is 12.1 Å². The molecule has 7 heteroatoms. The lowest BCUT2D eigenvalue weighted by atomic mass is 10.3. The van der Waals surface area contributed by atoms with E-state index in [1.807, 2.05) is 0 Å². The van der Waals surface area contributed by atoms with Gasteiger partial charge < -0.3 is 9.47 Å². The number of nitro groups is 1. The van der Waals surface area contributed by atoms with Gasteiger partial charge in [0.2, 0.25) is 0 Å². The second-order valence-corrected chi connectivity index (χ2v) is 3.71. The summed E-state index contributed by atoms with van der Waals surface area (Å²) < 4.78 is 10.5. The first kappa shape index (κ1) is 11.1. The first-order chi connectivity index (χ1) is 7.66. The number of aromatic nitrogens is 1. The van der Waals surface area contributed by atoms with E-state index in [0.717, 1.165) is 0 Å². The lowest BCUT2D eigenvalue weighted by Gasteiger charge is -2.10. The molecule has 0 aromatic carbocycles. The summed E-state index contributed by atoms with van der Waals surface area (Å²) in [6, 6.07) is 2.64. The highest BCUT2D eigenvalue weighted by molar-refractivity contribution is 6.29. The minimum Gasteiger partial charge on any atom is -0.467 e. The molecule has 0 aliphatic carbocycles. The Labute approximate surface area is 96.3 Å². The van der Waals surface area contributed by atoms with Gasteiger partial charge in [0.1, 0.15) is 11.3 Å². The monoisotopic (exact) mass is 244 g/mol. The third-order valence-corrected chi connectivity index (χ3v) is 2.38. The van der Waals surface area contributed by atoms with Crippen molar-refractivity contribution in [2.45, 2.75) is 12.5 Å². The Bertz CT molecular complexity index is 406. The molecule has 86 valence electrons. The predicted octanol–water partition coefficient (Wildman–Crippen LogP) is 1.81. The summed E-state index contributed by atoms with van der Waals surface area (Å²) in [7, 11) is 0. The minimum absolute atomic E-state index is 0.0481. The Morgan fingerprint density at radius 3 is 3.06 bits per heavy atom. The molecular formula is C9H9ClN2O4. The van der Waals surface area contributed by atoms with Crippen molar-refractivity contribution in [3.63, 3.8) is 0 Å². The zero-order valence-corrected chi connectivity index (χ0v) is 9.01. The van der Waals surface area contributed by atoms with Gasteiger partial charge in [-0.2, -0.15) is 4.98 Å². The maximum absolute atomic E-state index is 10.7. The van der Waals surface area contributed by atoms with Gasteiger partial charge >= 0.3 is 5.69 Å². The van der Waals surface area contributed by atoms with Gasteiger partial charge in [-0.25, -0.2) is 0 Å². The molecule has 1 aliphatic heterocycles. The molecule has 2 rings (SSSR count). The molecule has 0 unspecified atom stereocenters. The van der Waals surface area contributed by atoms with Crippen LogP contribution < -0.4 is 4.74 Å². The van der Waals surface area contributed by atoms with E-state index in [0.29, 0.717) is 19.6 Å². The molecule has 1 aromatic rings. The molecule has 1 aromatic heterocycles. The van der Waals surface area contributed by atoms with Crippen molar-refractivity contribution >= 4 is 17.3 Å². The maximum atomic E-state index is 10.7. The number of nitrogens with zero attached hydrogens (tertiary/aromatic N) is 2. The molecule has 0 radical (unpaired) electrons. The summed E-state index contributed by atoms with van der Waals surface area (Å²) in [6.07, 6.45) is 0.510. The molecule has 2 heterocycles. The molecule has 0 spiro atoms. The van der Waals surface area contributed by atoms with Crippen molar-refractivity contribution < 1.29 is 14.4 Å². The van der Waals surface area contributed by atoms with Crippen LogP contribution >= 0.6 is 11.6 Å². The number of hydrogen-bond acceptors (Lipinski definition) is 5. The van der Waals surface area contributed by atoms with Crippen molar-refractivity contribution in [2.24, 2.45) is 0 Å². The van der Waals surface area contributed by atoms with E-state index in [-0.39, 0.29) is 22.8 Å². The quantitative estimate of drug-likeness (QED) is 0.461. The second kappa shape index (κ2) is 4.63. The smallest absolute Gasteiger partial charge is 0.331 e. The van der Waals surface area contributed by atoms with E-state index in [2.05, 4.69) is 4.98 Å². The van der Waals surface area contributed by atoms with Crippen LogP contribution in [0.4, 0.5) is 5.69 Å². The van der Waals surface area contributed by atoms with Crippen LogP contribution in [0.3, 0.4) is 0 Å². The van der Waals surface area contributed by atoms with E-state index < -0.39 is 4.92 Å². The molecule has 0 saturated carbocycles. The highest BCUT2D eigenvalue weighted by Crippen LogP contribution is 2.28. The maximum Gasteiger partial charge on any atom is 0.331 e. The van der Waals surface area contributed by atoms with Gasteiger partial charge in [-0.15, -0.1) is 0 Å². The van der Waals surface area contributed by atoms with Crippen molar-refractivity contribution in [1.29, 1.82) is 0 Å². The van der Waals surface area contributed by atoms with E-state index in [1.54, 1.807) is 0 Å². The summed E-state index contributed by atoms with van der Waals surface area (Å²) in [5, 5.41) is 10.9. The molecule has 6 nitrogen and oxygen atoms in total. The zero-order chi connectivity index (χ0) is 11.5. The standard InChI is InChI=1S/C9H9ClN2O4/c10-8-2-1-7(12(13)14)9(11-8)16-6-3-4-15-5-6/h1-2,6H,3-5H2/t6-/m0/s1. The van der Waals surface area contributed by atoms with E-state index in [4.69, 9.17) is 21.1 Å². The van der Waals surface area contributed by atoms with Crippen LogP contribution in [0.25, 0.3) is 0 Å². The normalized spacial score (nSPS) is 19.7. The molecule has 0 bridgehead atoms. The topological polar surface area (TPSA) is 74.5 Å². The summed E-state index contributed by atoms with van der Waals surface area (Å²) in [6.45, 7) is 1.02. The van der Waals surface area contributed by atoms with E-state index in [9.17, 15) is 10.1 Å². The van der Waals surface area contributed by atoms with Crippen molar-refractivity contribution in [3.05, 3.63) is 27.4 Å². The van der Waals surface area contributed by atoms with Crippen LogP contribution in [0.1, 0.15) is 6.42 Å². The second-order valence-electron chi connectivity index (χ2n) is 3.32. The van der Waals surface area contributed by atoms with Gasteiger partial charge in [-0.05, 0) is 6.07 Å². The number of hydrogen-bond donors (Lipinski definition) is 0. The van der Waals surface area contributed by atoms with Gasteiger partial charge in [0, 0.05) is 12.5 Å². The Morgan fingerprint density at radius 1 is 1.62 bits per heavy atom. The zero-order valence-electron chi connectivity index (χ0n) is 8.26. The van der Waals surface area contributed by atoms with Crippen LogP contribution in [0.5, 0.6) is 5.88 Å². The highest BCUT2D eigenvalue weighted by atomic mass is 35.5. The first-order valence-electron chi connectivity index (χ1n) is 4.72. The Kier molecular flexibility index (Phi) is 3.21. The largest absolute Gasteiger partial charge is 0.467 e. The third kappa shape index (κ3) is 2.40. The molecular weight excluding hydrogens is 236 g/mol. The SMILES string of the molecule is O=[N+]([O-])c1ccc(Cl)nc1O[C@H]1CCOC1. The molecule has 1 fully saturated rings. The van der Waals surface area contributed by atoms with Crippen molar-refractivity contribution in [3.8, 4) is 5.88 Å². The summed E-state index contributed by atoms with van der Waals surface area (Å²) in [5.74, 6) is -0.0481. The Morgan fingerprint density at radius 2 is 2.44 bits per heavy atom. The first-order valence-corrected chi connectivity index (χ1v) is 5.10. The number of ether oxygens (including phenoxy) is 2. The molecule has 0 N–H and O–H groups in total. The minimum atomic E-state index is -0.547. The van der Waals surface area contributed by atoms with Crippen molar-refractivity contribution in [2.75, 3.05) is 13.2 Å². The van der Waals surface area contributed by atoms with Crippen LogP contribution in [0.15, 0.2) is 12.1 Å². The average Bonchev–Trinajstić information content (AvgIpc) is 2.70. The van der Waals surface area contributed by atoms with Crippen LogP contribution in [-0.4, -0.2) is 29.2 Å². The molecule has 1 aliphatic rings. The molecule has 16 heavy (non-hydrogen) atoms. The van der Waals surface area contributed by atoms with Gasteiger partial charge in [0.25, 0.3) is 5.88 Å².